The third-order valence-electron chi connectivity index (χ3n) is 1.88. The Labute approximate surface area is 95.9 Å². The molecule has 0 aliphatic carbocycles. The summed E-state index contributed by atoms with van der Waals surface area (Å²) in [5.74, 6) is 0. The Bertz CT molecular complexity index is 145. The highest BCUT2D eigenvalue weighted by Crippen LogP contribution is 1.96. The van der Waals surface area contributed by atoms with Crippen molar-refractivity contribution in [3.63, 3.8) is 0 Å². The number of rotatable bonds is 11. The molecule has 98 valence electrons. The number of aliphatic hydroxyl groups is 2. The van der Waals surface area contributed by atoms with Gasteiger partial charge in [0, 0.05) is 26.2 Å². The highest BCUT2D eigenvalue weighted by Gasteiger charge is 2.13. The summed E-state index contributed by atoms with van der Waals surface area (Å²) in [6.07, 6.45) is -1.01. The summed E-state index contributed by atoms with van der Waals surface area (Å²) in [7, 11) is 0. The Kier molecular flexibility index (Phi) is 11.0. The number of ether oxygens (including phenoxy) is 2. The maximum atomic E-state index is 9.62. The molecule has 0 aliphatic heterocycles. The topological polar surface area (TPSA) is 114 Å². The van der Waals surface area contributed by atoms with Crippen LogP contribution in [0.25, 0.3) is 0 Å². The van der Waals surface area contributed by atoms with E-state index in [0.717, 1.165) is 0 Å². The normalized spacial score (nSPS) is 13.3. The van der Waals surface area contributed by atoms with Gasteiger partial charge in [-0.05, 0) is 0 Å². The van der Waals surface area contributed by atoms with Crippen molar-refractivity contribution in [2.45, 2.75) is 6.41 Å². The van der Waals surface area contributed by atoms with E-state index in [1.54, 1.807) is 4.90 Å². The van der Waals surface area contributed by atoms with E-state index in [4.69, 9.17) is 26.0 Å². The van der Waals surface area contributed by atoms with Crippen molar-refractivity contribution in [2.75, 3.05) is 52.6 Å². The lowest BCUT2D eigenvalue weighted by Gasteiger charge is -2.26. The van der Waals surface area contributed by atoms with E-state index >= 15 is 0 Å². The predicted octanol–water partition coefficient (Wildman–Crippen LogP) is -2.49. The lowest BCUT2D eigenvalue weighted by atomic mass is 10.5. The fourth-order valence-corrected chi connectivity index (χ4v) is 1.15. The van der Waals surface area contributed by atoms with Gasteiger partial charge >= 0.3 is 0 Å². The van der Waals surface area contributed by atoms with Gasteiger partial charge in [-0.15, -0.1) is 0 Å². The number of nitrogens with zero attached hydrogens (tertiary/aromatic N) is 1. The van der Waals surface area contributed by atoms with Gasteiger partial charge in [0.05, 0.1) is 26.4 Å². The highest BCUT2D eigenvalue weighted by molar-refractivity contribution is 4.56. The van der Waals surface area contributed by atoms with Crippen LogP contribution in [0.2, 0.25) is 0 Å². The van der Waals surface area contributed by atoms with Crippen molar-refractivity contribution in [3.8, 4) is 0 Å². The summed E-state index contributed by atoms with van der Waals surface area (Å²) in [5, 5.41) is 18.1. The van der Waals surface area contributed by atoms with E-state index in [0.29, 0.717) is 32.8 Å². The second-order valence-corrected chi connectivity index (χ2v) is 3.15. The molecular weight excluding hydrogens is 214 g/mol. The van der Waals surface area contributed by atoms with Crippen molar-refractivity contribution in [1.29, 1.82) is 0 Å². The molecule has 0 saturated heterocycles. The molecule has 0 amide bonds. The maximum absolute atomic E-state index is 9.62. The first kappa shape index (κ1) is 15.7. The molecule has 16 heavy (non-hydrogen) atoms. The smallest absolute Gasteiger partial charge is 0.216 e. The minimum atomic E-state index is -1.01. The van der Waals surface area contributed by atoms with E-state index in [-0.39, 0.29) is 19.8 Å². The minimum absolute atomic E-state index is 0.0188. The minimum Gasteiger partial charge on any atom is -0.394 e. The lowest BCUT2D eigenvalue weighted by molar-refractivity contribution is -0.197. The van der Waals surface area contributed by atoms with Gasteiger partial charge in [0.15, 0.2) is 0 Å². The highest BCUT2D eigenvalue weighted by atomic mass is 16.6. The molecule has 1 unspecified atom stereocenters. The maximum Gasteiger partial charge on any atom is 0.216 e. The van der Waals surface area contributed by atoms with Crippen molar-refractivity contribution in [3.05, 3.63) is 0 Å². The molecule has 0 rings (SSSR count). The summed E-state index contributed by atoms with van der Waals surface area (Å²) >= 11 is 0. The molecule has 1 atom stereocenters. The van der Waals surface area contributed by atoms with Gasteiger partial charge in [0.25, 0.3) is 0 Å². The second-order valence-electron chi connectivity index (χ2n) is 3.15. The van der Waals surface area contributed by atoms with Crippen molar-refractivity contribution < 1.29 is 19.7 Å². The Balaban J connectivity index is 3.60. The molecule has 0 heterocycles. The zero-order valence-corrected chi connectivity index (χ0v) is 9.55. The molecule has 6 N–H and O–H groups in total. The van der Waals surface area contributed by atoms with Gasteiger partial charge in [-0.3, -0.25) is 4.90 Å². The van der Waals surface area contributed by atoms with E-state index < -0.39 is 6.41 Å². The fraction of sp³-hybridized carbons (Fsp3) is 1.00. The molecule has 0 aromatic heterocycles. The summed E-state index contributed by atoms with van der Waals surface area (Å²) in [6.45, 7) is 2.75. The monoisotopic (exact) mass is 237 g/mol. The van der Waals surface area contributed by atoms with Crippen LogP contribution in [0.3, 0.4) is 0 Å². The summed E-state index contributed by atoms with van der Waals surface area (Å²) in [5.41, 5.74) is 10.8. The van der Waals surface area contributed by atoms with Crippen LogP contribution in [0, 0.1) is 0 Å². The van der Waals surface area contributed by atoms with E-state index in [9.17, 15) is 5.11 Å². The summed E-state index contributed by atoms with van der Waals surface area (Å²) < 4.78 is 10.1. The summed E-state index contributed by atoms with van der Waals surface area (Å²) in [6, 6.07) is 0. The SMILES string of the molecule is NCCN(CCN)C(O)OCCOCCO. The molecule has 7 nitrogen and oxygen atoms in total. The van der Waals surface area contributed by atoms with Gasteiger partial charge in [-0.2, -0.15) is 0 Å². The van der Waals surface area contributed by atoms with Gasteiger partial charge in [-0.25, -0.2) is 0 Å². The molecule has 0 spiro atoms. The number of aliphatic hydroxyl groups excluding tert-OH is 2. The fourth-order valence-electron chi connectivity index (χ4n) is 1.15. The average Bonchev–Trinajstić information content (AvgIpc) is 2.28. The van der Waals surface area contributed by atoms with Crippen LogP contribution < -0.4 is 11.5 Å². The molecule has 0 bridgehead atoms. The van der Waals surface area contributed by atoms with Gasteiger partial charge in [-0.1, -0.05) is 0 Å². The van der Waals surface area contributed by atoms with Gasteiger partial charge < -0.3 is 31.2 Å². The van der Waals surface area contributed by atoms with Crippen LogP contribution in [0.1, 0.15) is 0 Å². The van der Waals surface area contributed by atoms with E-state index in [1.165, 1.54) is 0 Å². The standard InChI is InChI=1S/C9H23N3O4/c10-1-3-12(4-2-11)9(14)16-8-7-15-6-5-13/h9,13-14H,1-8,10-11H2. The van der Waals surface area contributed by atoms with Gasteiger partial charge in [0.1, 0.15) is 0 Å². The Morgan fingerprint density at radius 2 is 1.69 bits per heavy atom. The molecule has 7 heteroatoms. The van der Waals surface area contributed by atoms with Gasteiger partial charge in [0.2, 0.25) is 6.41 Å². The van der Waals surface area contributed by atoms with Crippen LogP contribution in [-0.4, -0.2) is 74.1 Å². The molecule has 0 fully saturated rings. The van der Waals surface area contributed by atoms with E-state index in [1.807, 2.05) is 0 Å². The molecule has 0 aromatic rings. The molecule has 0 aromatic carbocycles. The largest absolute Gasteiger partial charge is 0.394 e. The quantitative estimate of drug-likeness (QED) is 0.232. The molecule has 0 aliphatic rings. The predicted molar refractivity (Wildman–Crippen MR) is 59.5 cm³/mol. The average molecular weight is 237 g/mol. The lowest BCUT2D eigenvalue weighted by Crippen LogP contribution is -2.43. The Morgan fingerprint density at radius 3 is 2.19 bits per heavy atom. The molecule has 0 radical (unpaired) electrons. The van der Waals surface area contributed by atoms with Crippen LogP contribution in [0.4, 0.5) is 0 Å². The molecular formula is C9H23N3O4. The third kappa shape index (κ3) is 7.94. The zero-order valence-electron chi connectivity index (χ0n) is 9.55. The number of nitrogens with two attached hydrogens (primary N) is 2. The van der Waals surface area contributed by atoms with Crippen LogP contribution in [-0.2, 0) is 9.47 Å². The van der Waals surface area contributed by atoms with Crippen molar-refractivity contribution in [1.82, 2.24) is 4.90 Å². The van der Waals surface area contributed by atoms with E-state index in [2.05, 4.69) is 0 Å². The van der Waals surface area contributed by atoms with Crippen LogP contribution in [0.15, 0.2) is 0 Å². The first-order valence-corrected chi connectivity index (χ1v) is 5.38. The Morgan fingerprint density at radius 1 is 1.06 bits per heavy atom. The van der Waals surface area contributed by atoms with Crippen LogP contribution in [0.5, 0.6) is 0 Å². The first-order chi connectivity index (χ1) is 7.76. The number of hydrogen-bond acceptors (Lipinski definition) is 7. The van der Waals surface area contributed by atoms with Crippen molar-refractivity contribution >= 4 is 0 Å². The molecule has 0 saturated carbocycles. The zero-order chi connectivity index (χ0) is 12.2. The third-order valence-corrected chi connectivity index (χ3v) is 1.88. The first-order valence-electron chi connectivity index (χ1n) is 5.38. The van der Waals surface area contributed by atoms with Crippen LogP contribution >= 0.6 is 0 Å². The summed E-state index contributed by atoms with van der Waals surface area (Å²) in [4.78, 5) is 1.64. The number of hydrogen-bond donors (Lipinski definition) is 4. The Hall–Kier alpha value is -0.280. The second kappa shape index (κ2) is 11.2. The van der Waals surface area contributed by atoms with Crippen molar-refractivity contribution in [2.24, 2.45) is 11.5 Å².